The SMILES string of the molecule is O=C(C1CCCC1)N1CCN(C(=O)c2cccnc2)C(c2nc3ccccc3[nH]2)C1. The van der Waals surface area contributed by atoms with Crippen LogP contribution in [-0.2, 0) is 4.79 Å². The van der Waals surface area contributed by atoms with Gasteiger partial charge in [0.15, 0.2) is 0 Å². The average molecular weight is 403 g/mol. The molecular weight excluding hydrogens is 378 g/mol. The van der Waals surface area contributed by atoms with Crippen LogP contribution in [0.2, 0.25) is 0 Å². The van der Waals surface area contributed by atoms with Gasteiger partial charge in [-0.05, 0) is 37.1 Å². The summed E-state index contributed by atoms with van der Waals surface area (Å²) in [6.45, 7) is 1.49. The van der Waals surface area contributed by atoms with Gasteiger partial charge < -0.3 is 14.8 Å². The summed E-state index contributed by atoms with van der Waals surface area (Å²) in [7, 11) is 0. The fraction of sp³-hybridized carbons (Fsp3) is 0.391. The molecule has 7 heteroatoms. The first kappa shape index (κ1) is 18.8. The summed E-state index contributed by atoms with van der Waals surface area (Å²) in [6.07, 6.45) is 7.46. The molecule has 0 bridgehead atoms. The number of carbonyl (C=O) groups is 2. The van der Waals surface area contributed by atoms with Gasteiger partial charge in [-0.15, -0.1) is 0 Å². The van der Waals surface area contributed by atoms with Crippen LogP contribution in [0.3, 0.4) is 0 Å². The first-order valence-corrected chi connectivity index (χ1v) is 10.6. The highest BCUT2D eigenvalue weighted by Gasteiger charge is 2.38. The second kappa shape index (κ2) is 7.89. The third-order valence-corrected chi connectivity index (χ3v) is 6.29. The fourth-order valence-corrected chi connectivity index (χ4v) is 4.68. The third kappa shape index (κ3) is 3.44. The van der Waals surface area contributed by atoms with Crippen LogP contribution in [0.25, 0.3) is 11.0 Å². The molecule has 1 atom stereocenters. The van der Waals surface area contributed by atoms with E-state index in [4.69, 9.17) is 4.98 Å². The highest BCUT2D eigenvalue weighted by atomic mass is 16.2. The van der Waals surface area contributed by atoms with Crippen LogP contribution >= 0.6 is 0 Å². The van der Waals surface area contributed by atoms with Gasteiger partial charge in [0.2, 0.25) is 5.91 Å². The Kier molecular flexibility index (Phi) is 4.94. The van der Waals surface area contributed by atoms with Crippen LogP contribution in [-0.4, -0.2) is 56.2 Å². The number of imidazole rings is 1. The van der Waals surface area contributed by atoms with Crippen molar-refractivity contribution in [2.45, 2.75) is 31.7 Å². The third-order valence-electron chi connectivity index (χ3n) is 6.29. The van der Waals surface area contributed by atoms with E-state index in [1.807, 2.05) is 34.1 Å². The Balaban J connectivity index is 1.47. The molecule has 1 saturated heterocycles. The van der Waals surface area contributed by atoms with Gasteiger partial charge >= 0.3 is 0 Å². The summed E-state index contributed by atoms with van der Waals surface area (Å²) in [6, 6.07) is 11.1. The highest BCUT2D eigenvalue weighted by Crippen LogP contribution is 2.31. The number of hydrogen-bond acceptors (Lipinski definition) is 4. The minimum absolute atomic E-state index is 0.0819. The zero-order chi connectivity index (χ0) is 20.5. The van der Waals surface area contributed by atoms with Crippen molar-refractivity contribution in [3.05, 3.63) is 60.2 Å². The van der Waals surface area contributed by atoms with E-state index in [0.717, 1.165) is 42.5 Å². The predicted octanol–water partition coefficient (Wildman–Crippen LogP) is 3.17. The lowest BCUT2D eigenvalue weighted by Crippen LogP contribution is -2.53. The van der Waals surface area contributed by atoms with Gasteiger partial charge in [-0.25, -0.2) is 4.98 Å². The second-order valence-electron chi connectivity index (χ2n) is 8.16. The van der Waals surface area contributed by atoms with Gasteiger partial charge in [0.1, 0.15) is 11.9 Å². The Morgan fingerprint density at radius 1 is 1.03 bits per heavy atom. The maximum absolute atomic E-state index is 13.3. The number of carbonyl (C=O) groups excluding carboxylic acids is 2. The van der Waals surface area contributed by atoms with Gasteiger partial charge in [-0.3, -0.25) is 14.6 Å². The van der Waals surface area contributed by atoms with Crippen molar-refractivity contribution in [2.75, 3.05) is 19.6 Å². The molecule has 30 heavy (non-hydrogen) atoms. The number of aromatic amines is 1. The van der Waals surface area contributed by atoms with Crippen molar-refractivity contribution in [3.8, 4) is 0 Å². The normalized spacial score (nSPS) is 20.1. The lowest BCUT2D eigenvalue weighted by Gasteiger charge is -2.41. The van der Waals surface area contributed by atoms with E-state index < -0.39 is 0 Å². The Morgan fingerprint density at radius 3 is 2.63 bits per heavy atom. The van der Waals surface area contributed by atoms with Crippen LogP contribution in [0.15, 0.2) is 48.8 Å². The van der Waals surface area contributed by atoms with Crippen LogP contribution in [0.5, 0.6) is 0 Å². The van der Waals surface area contributed by atoms with Crippen LogP contribution < -0.4 is 0 Å². The number of amides is 2. The first-order chi connectivity index (χ1) is 14.7. The number of hydrogen-bond donors (Lipinski definition) is 1. The van der Waals surface area contributed by atoms with E-state index in [1.165, 1.54) is 0 Å². The van der Waals surface area contributed by atoms with Crippen molar-refractivity contribution in [3.63, 3.8) is 0 Å². The number of nitrogens with one attached hydrogen (secondary N) is 1. The van der Waals surface area contributed by atoms with E-state index in [9.17, 15) is 9.59 Å². The first-order valence-electron chi connectivity index (χ1n) is 10.6. The molecule has 1 aliphatic carbocycles. The van der Waals surface area contributed by atoms with Crippen molar-refractivity contribution in [2.24, 2.45) is 5.92 Å². The molecule has 1 unspecified atom stereocenters. The molecule has 7 nitrogen and oxygen atoms in total. The molecule has 1 saturated carbocycles. The van der Waals surface area contributed by atoms with E-state index in [1.54, 1.807) is 24.5 Å². The number of para-hydroxylation sites is 2. The molecule has 2 amide bonds. The number of rotatable bonds is 3. The molecule has 0 radical (unpaired) electrons. The van der Waals surface area contributed by atoms with E-state index in [2.05, 4.69) is 9.97 Å². The summed E-state index contributed by atoms with van der Waals surface area (Å²) in [5, 5.41) is 0. The molecule has 2 aromatic heterocycles. The molecule has 3 aromatic rings. The molecule has 1 aromatic carbocycles. The minimum atomic E-state index is -0.316. The Labute approximate surface area is 175 Å². The molecular formula is C23H25N5O2. The van der Waals surface area contributed by atoms with Crippen molar-refractivity contribution in [1.29, 1.82) is 0 Å². The predicted molar refractivity (Wildman–Crippen MR) is 113 cm³/mol. The van der Waals surface area contributed by atoms with Gasteiger partial charge in [-0.2, -0.15) is 0 Å². The summed E-state index contributed by atoms with van der Waals surface area (Å²) < 4.78 is 0. The number of aromatic nitrogens is 3. The quantitative estimate of drug-likeness (QED) is 0.728. The zero-order valence-electron chi connectivity index (χ0n) is 16.8. The van der Waals surface area contributed by atoms with Crippen molar-refractivity contribution in [1.82, 2.24) is 24.8 Å². The molecule has 154 valence electrons. The number of piperazine rings is 1. The Morgan fingerprint density at radius 2 is 1.87 bits per heavy atom. The number of pyridine rings is 1. The summed E-state index contributed by atoms with van der Waals surface area (Å²) in [4.78, 5) is 42.3. The molecule has 2 aliphatic rings. The zero-order valence-corrected chi connectivity index (χ0v) is 16.8. The van der Waals surface area contributed by atoms with Crippen LogP contribution in [0, 0.1) is 5.92 Å². The fourth-order valence-electron chi connectivity index (χ4n) is 4.68. The molecule has 3 heterocycles. The van der Waals surface area contributed by atoms with Gasteiger partial charge in [0.05, 0.1) is 16.6 Å². The van der Waals surface area contributed by atoms with Crippen molar-refractivity contribution >= 4 is 22.8 Å². The molecule has 0 spiro atoms. The average Bonchev–Trinajstić information content (AvgIpc) is 3.48. The monoisotopic (exact) mass is 403 g/mol. The molecule has 1 aliphatic heterocycles. The lowest BCUT2D eigenvalue weighted by atomic mass is 10.0. The summed E-state index contributed by atoms with van der Waals surface area (Å²) in [5.41, 5.74) is 2.34. The number of H-pyrrole nitrogens is 1. The molecule has 5 rings (SSSR count). The molecule has 2 fully saturated rings. The second-order valence-corrected chi connectivity index (χ2v) is 8.16. The Bertz CT molecular complexity index is 1020. The Hall–Kier alpha value is -3.22. The number of benzene rings is 1. The van der Waals surface area contributed by atoms with Gasteiger partial charge in [0, 0.05) is 37.9 Å². The minimum Gasteiger partial charge on any atom is -0.340 e. The number of fused-ring (bicyclic) bond motifs is 1. The van der Waals surface area contributed by atoms with E-state index >= 15 is 0 Å². The summed E-state index contributed by atoms with van der Waals surface area (Å²) in [5.74, 6) is 0.989. The van der Waals surface area contributed by atoms with Crippen LogP contribution in [0.4, 0.5) is 0 Å². The van der Waals surface area contributed by atoms with E-state index in [-0.39, 0.29) is 23.8 Å². The standard InChI is InChI=1S/C23H25N5O2/c29-22(16-6-1-2-7-16)27-12-13-28(23(30)17-8-5-11-24-14-17)20(15-27)21-25-18-9-3-4-10-19(18)26-21/h3-5,8-11,14,16,20H,1-2,6-7,12-13,15H2,(H,25,26). The van der Waals surface area contributed by atoms with Gasteiger partial charge in [-0.1, -0.05) is 25.0 Å². The number of nitrogens with zero attached hydrogens (tertiary/aromatic N) is 4. The summed E-state index contributed by atoms with van der Waals surface area (Å²) >= 11 is 0. The molecule has 1 N–H and O–H groups in total. The highest BCUT2D eigenvalue weighted by molar-refractivity contribution is 5.94. The van der Waals surface area contributed by atoms with Crippen molar-refractivity contribution < 1.29 is 9.59 Å². The van der Waals surface area contributed by atoms with Gasteiger partial charge in [0.25, 0.3) is 5.91 Å². The smallest absolute Gasteiger partial charge is 0.256 e. The maximum Gasteiger partial charge on any atom is 0.256 e. The maximum atomic E-state index is 13.3. The lowest BCUT2D eigenvalue weighted by molar-refractivity contribution is -0.138. The largest absolute Gasteiger partial charge is 0.340 e. The van der Waals surface area contributed by atoms with E-state index in [0.29, 0.717) is 25.2 Å². The van der Waals surface area contributed by atoms with Crippen LogP contribution in [0.1, 0.15) is 47.9 Å². The topological polar surface area (TPSA) is 82.2 Å².